The number of alkyl halides is 2. The Morgan fingerprint density at radius 1 is 1.10 bits per heavy atom. The minimum absolute atomic E-state index is 0.296. The molecule has 1 aliphatic carbocycles. The molecular formula is C22H19Cl2N3O3. The number of nitrogens with one attached hydrogen (secondary N) is 1. The van der Waals surface area contributed by atoms with Gasteiger partial charge in [-0.1, -0.05) is 48.5 Å². The Balaban J connectivity index is 1.52. The van der Waals surface area contributed by atoms with E-state index in [0.717, 1.165) is 11.3 Å². The lowest BCUT2D eigenvalue weighted by Crippen LogP contribution is -2.27. The van der Waals surface area contributed by atoms with E-state index in [-0.39, 0.29) is 0 Å². The highest BCUT2D eigenvalue weighted by molar-refractivity contribution is 6.53. The largest absolute Gasteiger partial charge is 0.455 e. The summed E-state index contributed by atoms with van der Waals surface area (Å²) >= 11 is 12.0. The maximum Gasteiger partial charge on any atom is 0.315 e. The van der Waals surface area contributed by atoms with E-state index in [4.69, 9.17) is 27.9 Å². The lowest BCUT2D eigenvalue weighted by Gasteiger charge is -2.12. The van der Waals surface area contributed by atoms with Gasteiger partial charge in [-0.25, -0.2) is 4.68 Å². The normalized spacial score (nSPS) is 19.2. The fraction of sp³-hybridized carbons (Fsp3) is 0.227. The molecule has 0 radical (unpaired) electrons. The first-order valence-electron chi connectivity index (χ1n) is 9.36. The molecule has 0 unspecified atom stereocenters. The number of anilines is 1. The van der Waals surface area contributed by atoms with E-state index in [0.29, 0.717) is 17.9 Å². The van der Waals surface area contributed by atoms with Crippen molar-refractivity contribution in [2.45, 2.75) is 17.7 Å². The Morgan fingerprint density at radius 3 is 2.30 bits per heavy atom. The summed E-state index contributed by atoms with van der Waals surface area (Å²) in [6.07, 6.45) is 0.296. The van der Waals surface area contributed by atoms with Crippen molar-refractivity contribution in [2.75, 3.05) is 11.9 Å². The second kappa shape index (κ2) is 7.78. The number of halogens is 2. The first-order chi connectivity index (χ1) is 14.3. The van der Waals surface area contributed by atoms with Crippen LogP contribution in [0.5, 0.6) is 0 Å². The zero-order chi connectivity index (χ0) is 21.4. The highest BCUT2D eigenvalue weighted by Crippen LogP contribution is 2.64. The van der Waals surface area contributed by atoms with E-state index >= 15 is 0 Å². The van der Waals surface area contributed by atoms with Crippen LogP contribution in [0.15, 0.2) is 66.7 Å². The number of rotatable bonds is 6. The highest BCUT2D eigenvalue weighted by atomic mass is 35.5. The Bertz CT molecular complexity index is 1080. The molecule has 1 fully saturated rings. The fourth-order valence-electron chi connectivity index (χ4n) is 3.08. The van der Waals surface area contributed by atoms with Crippen molar-refractivity contribution >= 4 is 40.9 Å². The average molecular weight is 444 g/mol. The van der Waals surface area contributed by atoms with Crippen LogP contribution in [0, 0.1) is 5.41 Å². The van der Waals surface area contributed by atoms with Crippen molar-refractivity contribution in [2.24, 2.45) is 5.41 Å². The summed E-state index contributed by atoms with van der Waals surface area (Å²) in [5, 5.41) is 7.39. The van der Waals surface area contributed by atoms with Crippen molar-refractivity contribution in [3.63, 3.8) is 0 Å². The number of para-hydroxylation sites is 1. The predicted molar refractivity (Wildman–Crippen MR) is 116 cm³/mol. The van der Waals surface area contributed by atoms with Crippen molar-refractivity contribution in [3.8, 4) is 16.9 Å². The van der Waals surface area contributed by atoms with Crippen LogP contribution >= 0.6 is 23.2 Å². The molecule has 2 aromatic carbocycles. The molecule has 1 aliphatic rings. The minimum atomic E-state index is -1.14. The summed E-state index contributed by atoms with van der Waals surface area (Å²) in [4.78, 5) is 24.6. The molecule has 3 aromatic rings. The molecule has 0 bridgehead atoms. The second-order valence-corrected chi connectivity index (χ2v) is 8.85. The van der Waals surface area contributed by atoms with Gasteiger partial charge in [0.2, 0.25) is 0 Å². The van der Waals surface area contributed by atoms with Gasteiger partial charge in [-0.15, -0.1) is 23.2 Å². The van der Waals surface area contributed by atoms with Gasteiger partial charge in [0, 0.05) is 18.1 Å². The Labute approximate surface area is 183 Å². The lowest BCUT2D eigenvalue weighted by atomic mass is 10.1. The molecule has 1 saturated carbocycles. The molecule has 1 N–H and O–H groups in total. The molecule has 6 nitrogen and oxygen atoms in total. The van der Waals surface area contributed by atoms with Crippen LogP contribution in [0.2, 0.25) is 0 Å². The highest BCUT2D eigenvalue weighted by Gasteiger charge is 2.69. The number of nitrogens with zero attached hydrogens (tertiary/aromatic N) is 2. The van der Waals surface area contributed by atoms with Gasteiger partial charge >= 0.3 is 5.97 Å². The third-order valence-electron chi connectivity index (χ3n) is 5.09. The van der Waals surface area contributed by atoms with Gasteiger partial charge in [0.25, 0.3) is 5.91 Å². The van der Waals surface area contributed by atoms with E-state index in [2.05, 4.69) is 10.4 Å². The van der Waals surface area contributed by atoms with Crippen molar-refractivity contribution in [3.05, 3.63) is 66.7 Å². The number of amides is 1. The van der Waals surface area contributed by atoms with E-state index < -0.39 is 28.2 Å². The monoisotopic (exact) mass is 443 g/mol. The van der Waals surface area contributed by atoms with Gasteiger partial charge in [0.1, 0.15) is 15.6 Å². The van der Waals surface area contributed by atoms with Crippen LogP contribution < -0.4 is 5.32 Å². The molecule has 0 spiro atoms. The van der Waals surface area contributed by atoms with E-state index in [1.165, 1.54) is 0 Å². The maximum atomic E-state index is 12.5. The third-order valence-corrected chi connectivity index (χ3v) is 6.19. The smallest absolute Gasteiger partial charge is 0.315 e. The second-order valence-electron chi connectivity index (χ2n) is 7.37. The maximum absolute atomic E-state index is 12.5. The fourth-order valence-corrected chi connectivity index (χ4v) is 3.77. The zero-order valence-corrected chi connectivity index (χ0v) is 17.7. The molecule has 8 heteroatoms. The summed E-state index contributed by atoms with van der Waals surface area (Å²) in [5.41, 5.74) is 1.41. The van der Waals surface area contributed by atoms with Crippen LogP contribution in [0.3, 0.4) is 0 Å². The zero-order valence-electron chi connectivity index (χ0n) is 16.1. The summed E-state index contributed by atoms with van der Waals surface area (Å²) in [6.45, 7) is 1.17. The number of carbonyl (C=O) groups excluding carboxylic acids is 2. The average Bonchev–Trinajstić information content (AvgIpc) is 3.07. The van der Waals surface area contributed by atoms with Crippen LogP contribution in [0.25, 0.3) is 16.9 Å². The van der Waals surface area contributed by atoms with Gasteiger partial charge in [-0.2, -0.15) is 5.10 Å². The summed E-state index contributed by atoms with van der Waals surface area (Å²) in [6, 6.07) is 20.8. The molecule has 1 atom stereocenters. The molecule has 1 amide bonds. The number of ether oxygens (including phenoxy) is 1. The molecule has 0 aliphatic heterocycles. The van der Waals surface area contributed by atoms with Crippen molar-refractivity contribution in [1.82, 2.24) is 9.78 Å². The molecule has 0 saturated heterocycles. The predicted octanol–water partition coefficient (Wildman–Crippen LogP) is 4.60. The molecule has 1 heterocycles. The van der Waals surface area contributed by atoms with E-state index in [1.807, 2.05) is 60.7 Å². The number of esters is 1. The Kier molecular flexibility index (Phi) is 5.30. The SMILES string of the molecule is C[C@]1(C(=O)OCC(=O)Nc2cc(-c3ccccc3)nn2-c2ccccc2)CC1(Cl)Cl. The molecule has 1 aromatic heterocycles. The van der Waals surface area contributed by atoms with Crippen molar-refractivity contribution in [1.29, 1.82) is 0 Å². The van der Waals surface area contributed by atoms with Crippen LogP contribution in [0.4, 0.5) is 5.82 Å². The van der Waals surface area contributed by atoms with Crippen molar-refractivity contribution < 1.29 is 14.3 Å². The first-order valence-corrected chi connectivity index (χ1v) is 10.1. The minimum Gasteiger partial charge on any atom is -0.455 e. The quantitative estimate of drug-likeness (QED) is 0.446. The van der Waals surface area contributed by atoms with Gasteiger partial charge in [-0.3, -0.25) is 9.59 Å². The topological polar surface area (TPSA) is 73.2 Å². The molecule has 154 valence electrons. The van der Waals surface area contributed by atoms with Gasteiger partial charge in [-0.05, 0) is 19.1 Å². The summed E-state index contributed by atoms with van der Waals surface area (Å²) < 4.78 is 5.62. The first kappa shape index (κ1) is 20.4. The number of hydrogen-bond acceptors (Lipinski definition) is 4. The van der Waals surface area contributed by atoms with E-state index in [1.54, 1.807) is 17.7 Å². The van der Waals surface area contributed by atoms with E-state index in [9.17, 15) is 9.59 Å². The number of aromatic nitrogens is 2. The number of benzene rings is 2. The van der Waals surface area contributed by atoms with Gasteiger partial charge in [0.15, 0.2) is 6.61 Å². The van der Waals surface area contributed by atoms with Crippen LogP contribution in [-0.4, -0.2) is 32.6 Å². The third kappa shape index (κ3) is 3.93. The molecule has 30 heavy (non-hydrogen) atoms. The molecule has 4 rings (SSSR count). The lowest BCUT2D eigenvalue weighted by molar-refractivity contribution is -0.152. The summed E-state index contributed by atoms with van der Waals surface area (Å²) in [5.74, 6) is -0.619. The Morgan fingerprint density at radius 2 is 1.70 bits per heavy atom. The van der Waals surface area contributed by atoms with Gasteiger partial charge in [0.05, 0.1) is 11.4 Å². The summed E-state index contributed by atoms with van der Waals surface area (Å²) in [7, 11) is 0. The standard InChI is InChI=1S/C22H19Cl2N3O3/c1-21(14-22(21,23)24)20(29)30-13-19(28)25-18-12-17(15-8-4-2-5-9-15)26-27(18)16-10-6-3-7-11-16/h2-12H,13-14H2,1H3,(H,25,28)/t21-/m1/s1. The number of carbonyl (C=O) groups is 2. The van der Waals surface area contributed by atoms with Crippen LogP contribution in [0.1, 0.15) is 13.3 Å². The van der Waals surface area contributed by atoms with Crippen LogP contribution in [-0.2, 0) is 14.3 Å². The Hall–Kier alpha value is -2.83. The number of hydrogen-bond donors (Lipinski definition) is 1. The molecular weight excluding hydrogens is 425 g/mol. The van der Waals surface area contributed by atoms with Gasteiger partial charge < -0.3 is 10.1 Å².